The van der Waals surface area contributed by atoms with Crippen molar-refractivity contribution in [2.24, 2.45) is 17.8 Å². The van der Waals surface area contributed by atoms with Crippen molar-refractivity contribution in [1.29, 1.82) is 0 Å². The summed E-state index contributed by atoms with van der Waals surface area (Å²) in [5, 5.41) is 3.41. The second-order valence-corrected chi connectivity index (χ2v) is 8.92. The quantitative estimate of drug-likeness (QED) is 0.837. The molecule has 3 aliphatic heterocycles. The third kappa shape index (κ3) is 3.06. The number of rotatable bonds is 4. The highest BCUT2D eigenvalue weighted by Crippen LogP contribution is 2.52. The first-order valence-electron chi connectivity index (χ1n) is 10.8. The third-order valence-corrected chi connectivity index (χ3v) is 7.60. The molecule has 5 nitrogen and oxygen atoms in total. The Hall–Kier alpha value is -1.10. The minimum Gasteiger partial charge on any atom is -0.381 e. The van der Waals surface area contributed by atoms with Crippen LogP contribution in [0.3, 0.4) is 0 Å². The van der Waals surface area contributed by atoms with E-state index in [9.17, 15) is 9.59 Å². The molecule has 4 aliphatic rings. The van der Waals surface area contributed by atoms with Gasteiger partial charge in [0.05, 0.1) is 12.5 Å². The smallest absolute Gasteiger partial charge is 0.225 e. The van der Waals surface area contributed by atoms with Crippen molar-refractivity contribution in [2.45, 2.75) is 82.7 Å². The topological polar surface area (TPSA) is 58.6 Å². The van der Waals surface area contributed by atoms with E-state index in [1.165, 1.54) is 6.42 Å². The van der Waals surface area contributed by atoms with Crippen molar-refractivity contribution in [2.75, 3.05) is 19.8 Å². The van der Waals surface area contributed by atoms with Gasteiger partial charge in [-0.1, -0.05) is 13.3 Å². The Balaban J connectivity index is 1.55. The zero-order chi connectivity index (χ0) is 18.1. The van der Waals surface area contributed by atoms with Gasteiger partial charge in [0, 0.05) is 31.2 Å². The van der Waals surface area contributed by atoms with Crippen LogP contribution in [-0.4, -0.2) is 48.1 Å². The molecule has 0 aromatic rings. The van der Waals surface area contributed by atoms with Crippen LogP contribution in [0.15, 0.2) is 0 Å². The van der Waals surface area contributed by atoms with Crippen LogP contribution in [0.1, 0.15) is 71.1 Å². The van der Waals surface area contributed by atoms with Crippen LogP contribution < -0.4 is 5.32 Å². The molecule has 5 atom stereocenters. The van der Waals surface area contributed by atoms with E-state index in [1.807, 2.05) is 0 Å². The summed E-state index contributed by atoms with van der Waals surface area (Å²) < 4.78 is 5.41. The molecule has 1 N–H and O–H groups in total. The first-order chi connectivity index (χ1) is 12.7. The van der Waals surface area contributed by atoms with E-state index in [1.54, 1.807) is 0 Å². The van der Waals surface area contributed by atoms with Gasteiger partial charge >= 0.3 is 0 Å². The Kier molecular flexibility index (Phi) is 5.27. The Morgan fingerprint density at radius 2 is 2.15 bits per heavy atom. The van der Waals surface area contributed by atoms with Crippen LogP contribution in [0.2, 0.25) is 0 Å². The predicted molar refractivity (Wildman–Crippen MR) is 99.5 cm³/mol. The van der Waals surface area contributed by atoms with Gasteiger partial charge in [-0.2, -0.15) is 0 Å². The SMILES string of the molecule is CCC[C@H]1[C@@H](NC(=O)C2CCOC2)CC[C@@]23CCCN2C(=O)CCC[C@@H]13. The predicted octanol–water partition coefficient (Wildman–Crippen LogP) is 2.88. The molecule has 0 bridgehead atoms. The first kappa shape index (κ1) is 18.3. The van der Waals surface area contributed by atoms with Gasteiger partial charge in [-0.05, 0) is 63.2 Å². The molecule has 0 radical (unpaired) electrons. The Bertz CT molecular complexity index is 545. The maximum Gasteiger partial charge on any atom is 0.225 e. The average Bonchev–Trinajstić information content (AvgIpc) is 3.28. The monoisotopic (exact) mass is 362 g/mol. The summed E-state index contributed by atoms with van der Waals surface area (Å²) in [5.41, 5.74) is 0.0884. The minimum absolute atomic E-state index is 0.0341. The molecule has 3 saturated heterocycles. The fraction of sp³-hybridized carbons (Fsp3) is 0.905. The number of carbonyl (C=O) groups is 2. The maximum absolute atomic E-state index is 12.7. The van der Waals surface area contributed by atoms with Gasteiger partial charge in [0.25, 0.3) is 0 Å². The van der Waals surface area contributed by atoms with Gasteiger partial charge in [0.2, 0.25) is 11.8 Å². The van der Waals surface area contributed by atoms with E-state index in [0.717, 1.165) is 57.9 Å². The lowest BCUT2D eigenvalue weighted by Gasteiger charge is -2.53. The number of hydrogen-bond acceptors (Lipinski definition) is 3. The molecule has 1 unspecified atom stereocenters. The highest BCUT2D eigenvalue weighted by Gasteiger charge is 2.56. The van der Waals surface area contributed by atoms with Crippen LogP contribution >= 0.6 is 0 Å². The lowest BCUT2D eigenvalue weighted by molar-refractivity contribution is -0.139. The Morgan fingerprint density at radius 1 is 1.27 bits per heavy atom. The second kappa shape index (κ2) is 7.49. The Labute approximate surface area is 157 Å². The molecule has 3 heterocycles. The first-order valence-corrected chi connectivity index (χ1v) is 10.8. The van der Waals surface area contributed by atoms with Crippen LogP contribution in [-0.2, 0) is 14.3 Å². The Morgan fingerprint density at radius 3 is 2.92 bits per heavy atom. The molecular weight excluding hydrogens is 328 g/mol. The molecule has 1 spiro atoms. The summed E-state index contributed by atoms with van der Waals surface area (Å²) in [6, 6.07) is 0.273. The van der Waals surface area contributed by atoms with Crippen LogP contribution in [0, 0.1) is 17.8 Å². The highest BCUT2D eigenvalue weighted by molar-refractivity contribution is 5.79. The molecule has 26 heavy (non-hydrogen) atoms. The van der Waals surface area contributed by atoms with E-state index < -0.39 is 0 Å². The molecule has 1 aliphatic carbocycles. The molecule has 2 amide bonds. The third-order valence-electron chi connectivity index (χ3n) is 7.60. The van der Waals surface area contributed by atoms with Gasteiger partial charge in [-0.15, -0.1) is 0 Å². The highest BCUT2D eigenvalue weighted by atomic mass is 16.5. The van der Waals surface area contributed by atoms with Gasteiger partial charge in [-0.3, -0.25) is 9.59 Å². The van der Waals surface area contributed by atoms with E-state index in [4.69, 9.17) is 4.74 Å². The van der Waals surface area contributed by atoms with Crippen molar-refractivity contribution in [3.05, 3.63) is 0 Å². The number of ether oxygens (including phenoxy) is 1. The van der Waals surface area contributed by atoms with E-state index >= 15 is 0 Å². The summed E-state index contributed by atoms with van der Waals surface area (Å²) in [6.45, 7) is 4.49. The zero-order valence-electron chi connectivity index (χ0n) is 16.2. The van der Waals surface area contributed by atoms with E-state index in [0.29, 0.717) is 37.4 Å². The van der Waals surface area contributed by atoms with Crippen molar-refractivity contribution in [1.82, 2.24) is 10.2 Å². The summed E-state index contributed by atoms with van der Waals surface area (Å²) in [6.07, 6.45) is 10.4. The molecule has 1 saturated carbocycles. The molecule has 4 fully saturated rings. The van der Waals surface area contributed by atoms with Gasteiger partial charge in [0.1, 0.15) is 0 Å². The van der Waals surface area contributed by atoms with Gasteiger partial charge < -0.3 is 15.0 Å². The van der Waals surface area contributed by atoms with Crippen molar-refractivity contribution in [3.8, 4) is 0 Å². The fourth-order valence-corrected chi connectivity index (χ4v) is 6.45. The molecule has 0 aromatic carbocycles. The number of amides is 2. The summed E-state index contributed by atoms with van der Waals surface area (Å²) >= 11 is 0. The molecule has 146 valence electrons. The molecule has 4 rings (SSSR count). The van der Waals surface area contributed by atoms with E-state index in [-0.39, 0.29) is 23.4 Å². The van der Waals surface area contributed by atoms with E-state index in [2.05, 4.69) is 17.1 Å². The number of hydrogen-bond donors (Lipinski definition) is 1. The van der Waals surface area contributed by atoms with Crippen LogP contribution in [0.4, 0.5) is 0 Å². The fourth-order valence-electron chi connectivity index (χ4n) is 6.45. The summed E-state index contributed by atoms with van der Waals surface area (Å²) in [7, 11) is 0. The zero-order valence-corrected chi connectivity index (χ0v) is 16.2. The molecule has 5 heteroatoms. The van der Waals surface area contributed by atoms with Crippen LogP contribution in [0.5, 0.6) is 0 Å². The second-order valence-electron chi connectivity index (χ2n) is 8.92. The van der Waals surface area contributed by atoms with Gasteiger partial charge in [0.15, 0.2) is 0 Å². The number of carbonyl (C=O) groups excluding carboxylic acids is 2. The van der Waals surface area contributed by atoms with Crippen LogP contribution in [0.25, 0.3) is 0 Å². The van der Waals surface area contributed by atoms with Crippen molar-refractivity contribution >= 4 is 11.8 Å². The lowest BCUT2D eigenvalue weighted by atomic mass is 9.61. The summed E-state index contributed by atoms with van der Waals surface area (Å²) in [5.74, 6) is 1.66. The molecule has 0 aromatic heterocycles. The largest absolute Gasteiger partial charge is 0.381 e. The lowest BCUT2D eigenvalue weighted by Crippen LogP contribution is -2.60. The number of nitrogens with one attached hydrogen (secondary N) is 1. The summed E-state index contributed by atoms with van der Waals surface area (Å²) in [4.78, 5) is 27.7. The standard InChI is InChI=1S/C21H34N2O3/c1-2-5-16-17-6-3-7-19(24)23-12-4-10-21(17,23)11-8-18(16)22-20(25)15-9-13-26-14-15/h15-18H,2-14H2,1H3,(H,22,25)/t15?,16-,17+,18+,21-/m1/s1. The van der Waals surface area contributed by atoms with Crippen molar-refractivity contribution < 1.29 is 14.3 Å². The maximum atomic E-state index is 12.7. The normalized spacial score (nSPS) is 40.0. The van der Waals surface area contributed by atoms with Crippen molar-refractivity contribution in [3.63, 3.8) is 0 Å². The average molecular weight is 363 g/mol. The minimum atomic E-state index is 0.0341. The number of nitrogens with zero attached hydrogens (tertiary/aromatic N) is 1. The molecular formula is C21H34N2O3. The van der Waals surface area contributed by atoms with Gasteiger partial charge in [-0.25, -0.2) is 0 Å².